The van der Waals surface area contributed by atoms with E-state index in [1.807, 2.05) is 0 Å². The maximum Gasteiger partial charge on any atom is 0.322 e. The molecule has 2 atom stereocenters. The van der Waals surface area contributed by atoms with Gasteiger partial charge in [0.05, 0.1) is 5.02 Å². The first-order chi connectivity index (χ1) is 9.19. The Morgan fingerprint density at radius 1 is 1.40 bits per heavy atom. The lowest BCUT2D eigenvalue weighted by Gasteiger charge is -2.20. The molecular weight excluding hydrogens is 325 g/mol. The van der Waals surface area contributed by atoms with Crippen LogP contribution >= 0.6 is 23.2 Å². The number of carboxylic acid groups (broad SMARTS) is 1. The molecule has 5 nitrogen and oxygen atoms in total. The van der Waals surface area contributed by atoms with E-state index >= 15 is 0 Å². The van der Waals surface area contributed by atoms with Crippen LogP contribution in [0.25, 0.3) is 0 Å². The maximum absolute atomic E-state index is 12.2. The molecule has 1 aromatic rings. The van der Waals surface area contributed by atoms with Gasteiger partial charge in [-0.1, -0.05) is 43.5 Å². The predicted molar refractivity (Wildman–Crippen MR) is 77.7 cm³/mol. The van der Waals surface area contributed by atoms with Crippen LogP contribution in [0.3, 0.4) is 0 Å². The molecule has 0 saturated heterocycles. The highest BCUT2D eigenvalue weighted by molar-refractivity contribution is 7.89. The highest BCUT2D eigenvalue weighted by atomic mass is 35.5. The van der Waals surface area contributed by atoms with Crippen molar-refractivity contribution in [2.24, 2.45) is 5.92 Å². The van der Waals surface area contributed by atoms with Gasteiger partial charge in [-0.15, -0.1) is 0 Å². The third-order valence-corrected chi connectivity index (χ3v) is 5.10. The normalized spacial score (nSPS) is 14.8. The molecule has 0 heterocycles. The Bertz CT molecular complexity index is 603. The number of aliphatic carboxylic acids is 1. The van der Waals surface area contributed by atoms with Crippen LogP contribution in [0.15, 0.2) is 23.1 Å². The second-order valence-electron chi connectivity index (χ2n) is 4.40. The summed E-state index contributed by atoms with van der Waals surface area (Å²) in [4.78, 5) is 10.9. The van der Waals surface area contributed by atoms with Gasteiger partial charge in [0, 0.05) is 5.02 Å². The molecule has 0 radical (unpaired) electrons. The van der Waals surface area contributed by atoms with Crippen molar-refractivity contribution >= 4 is 39.2 Å². The summed E-state index contributed by atoms with van der Waals surface area (Å²) in [5.74, 6) is -1.60. The quantitative estimate of drug-likeness (QED) is 0.834. The summed E-state index contributed by atoms with van der Waals surface area (Å²) in [6, 6.07) is 2.76. The van der Waals surface area contributed by atoms with Gasteiger partial charge in [-0.2, -0.15) is 4.72 Å². The number of nitrogens with one attached hydrogen (secondary N) is 1. The topological polar surface area (TPSA) is 83.5 Å². The maximum atomic E-state index is 12.2. The fraction of sp³-hybridized carbons (Fsp3) is 0.417. The number of carboxylic acids is 1. The predicted octanol–water partition coefficient (Wildman–Crippen LogP) is 2.77. The average molecular weight is 340 g/mol. The van der Waals surface area contributed by atoms with Gasteiger partial charge in [0.2, 0.25) is 10.0 Å². The smallest absolute Gasteiger partial charge is 0.322 e. The molecular formula is C12H15Cl2NO4S. The van der Waals surface area contributed by atoms with Gasteiger partial charge < -0.3 is 5.11 Å². The molecule has 0 aliphatic rings. The first-order valence-corrected chi connectivity index (χ1v) is 8.13. The molecule has 1 rings (SSSR count). The van der Waals surface area contributed by atoms with E-state index in [0.717, 1.165) is 0 Å². The standard InChI is InChI=1S/C12H15Cl2NO4S/c1-3-7(2)11(12(16)17)15-20(18,19)10-6-8(13)4-5-9(10)14/h4-7,11,15H,3H2,1-2H3,(H,16,17)/t7?,11-/m0/s1. The summed E-state index contributed by atoms with van der Waals surface area (Å²) < 4.78 is 26.6. The van der Waals surface area contributed by atoms with E-state index in [-0.39, 0.29) is 20.9 Å². The SMILES string of the molecule is CCC(C)[C@H](NS(=O)(=O)c1cc(Cl)ccc1Cl)C(=O)O. The van der Waals surface area contributed by atoms with Crippen LogP contribution in [0.5, 0.6) is 0 Å². The van der Waals surface area contributed by atoms with Crippen molar-refractivity contribution in [1.82, 2.24) is 4.72 Å². The molecule has 0 fully saturated rings. The molecule has 0 aliphatic heterocycles. The van der Waals surface area contributed by atoms with Crippen molar-refractivity contribution in [3.8, 4) is 0 Å². The van der Waals surface area contributed by atoms with Crippen LogP contribution in [0, 0.1) is 5.92 Å². The van der Waals surface area contributed by atoms with Crippen LogP contribution in [-0.4, -0.2) is 25.5 Å². The van der Waals surface area contributed by atoms with Gasteiger partial charge in [-0.25, -0.2) is 8.42 Å². The molecule has 20 heavy (non-hydrogen) atoms. The number of rotatable bonds is 6. The van der Waals surface area contributed by atoms with E-state index in [0.29, 0.717) is 6.42 Å². The minimum atomic E-state index is -4.06. The lowest BCUT2D eigenvalue weighted by Crippen LogP contribution is -2.44. The Kier molecular flexibility index (Phi) is 5.82. The number of benzene rings is 1. The molecule has 2 N–H and O–H groups in total. The first kappa shape index (κ1) is 17.2. The number of carbonyl (C=O) groups is 1. The lowest BCUT2D eigenvalue weighted by atomic mass is 10.0. The van der Waals surface area contributed by atoms with Crippen LogP contribution in [-0.2, 0) is 14.8 Å². The summed E-state index contributed by atoms with van der Waals surface area (Å²) in [5.41, 5.74) is 0. The highest BCUT2D eigenvalue weighted by Gasteiger charge is 2.30. The summed E-state index contributed by atoms with van der Waals surface area (Å²) in [6.45, 7) is 3.43. The van der Waals surface area contributed by atoms with Gasteiger partial charge in [-0.05, 0) is 24.1 Å². The van der Waals surface area contributed by atoms with Crippen molar-refractivity contribution in [3.63, 3.8) is 0 Å². The van der Waals surface area contributed by atoms with E-state index in [1.54, 1.807) is 13.8 Å². The molecule has 0 saturated carbocycles. The third-order valence-electron chi connectivity index (χ3n) is 2.94. The molecule has 1 unspecified atom stereocenters. The molecule has 0 aromatic heterocycles. The Morgan fingerprint density at radius 3 is 2.50 bits per heavy atom. The van der Waals surface area contributed by atoms with Gasteiger partial charge >= 0.3 is 5.97 Å². The van der Waals surface area contributed by atoms with Crippen LogP contribution in [0.2, 0.25) is 10.0 Å². The van der Waals surface area contributed by atoms with E-state index in [2.05, 4.69) is 4.72 Å². The lowest BCUT2D eigenvalue weighted by molar-refractivity contribution is -0.140. The third kappa shape index (κ3) is 4.09. The Morgan fingerprint density at radius 2 is 2.00 bits per heavy atom. The van der Waals surface area contributed by atoms with Gasteiger partial charge in [0.1, 0.15) is 10.9 Å². The Hall–Kier alpha value is -0.820. The van der Waals surface area contributed by atoms with E-state index in [4.69, 9.17) is 28.3 Å². The van der Waals surface area contributed by atoms with Gasteiger partial charge in [-0.3, -0.25) is 4.79 Å². The van der Waals surface area contributed by atoms with Crippen LogP contribution in [0.4, 0.5) is 0 Å². The summed E-state index contributed by atoms with van der Waals surface area (Å²) >= 11 is 11.6. The zero-order valence-corrected chi connectivity index (χ0v) is 13.3. The fourth-order valence-electron chi connectivity index (χ4n) is 1.56. The summed E-state index contributed by atoms with van der Waals surface area (Å²) in [7, 11) is -4.06. The summed E-state index contributed by atoms with van der Waals surface area (Å²) in [6.07, 6.45) is 0.517. The monoisotopic (exact) mass is 339 g/mol. The number of hydrogen-bond donors (Lipinski definition) is 2. The number of halogens is 2. The van der Waals surface area contributed by atoms with Crippen molar-refractivity contribution in [2.75, 3.05) is 0 Å². The zero-order valence-electron chi connectivity index (χ0n) is 10.9. The molecule has 0 aliphatic carbocycles. The number of hydrogen-bond acceptors (Lipinski definition) is 3. The van der Waals surface area contributed by atoms with Crippen molar-refractivity contribution in [2.45, 2.75) is 31.2 Å². The van der Waals surface area contributed by atoms with E-state index in [1.165, 1.54) is 18.2 Å². The van der Waals surface area contributed by atoms with Crippen molar-refractivity contribution in [3.05, 3.63) is 28.2 Å². The van der Waals surface area contributed by atoms with Crippen molar-refractivity contribution < 1.29 is 18.3 Å². The minimum Gasteiger partial charge on any atom is -0.480 e. The molecule has 0 bridgehead atoms. The van der Waals surface area contributed by atoms with E-state index < -0.39 is 22.0 Å². The molecule has 8 heteroatoms. The largest absolute Gasteiger partial charge is 0.480 e. The van der Waals surface area contributed by atoms with Crippen molar-refractivity contribution in [1.29, 1.82) is 0 Å². The summed E-state index contributed by atoms with van der Waals surface area (Å²) in [5, 5.41) is 9.30. The highest BCUT2D eigenvalue weighted by Crippen LogP contribution is 2.25. The van der Waals surface area contributed by atoms with E-state index in [9.17, 15) is 13.2 Å². The van der Waals surface area contributed by atoms with Crippen LogP contribution in [0.1, 0.15) is 20.3 Å². The molecule has 1 aromatic carbocycles. The first-order valence-electron chi connectivity index (χ1n) is 5.89. The fourth-order valence-corrected chi connectivity index (χ4v) is 3.62. The average Bonchev–Trinajstić information content (AvgIpc) is 2.37. The van der Waals surface area contributed by atoms with Gasteiger partial charge in [0.15, 0.2) is 0 Å². The Labute approximate surface area is 127 Å². The number of sulfonamides is 1. The second-order valence-corrected chi connectivity index (χ2v) is 6.92. The molecule has 0 spiro atoms. The zero-order chi connectivity index (χ0) is 15.5. The second kappa shape index (κ2) is 6.76. The molecule has 112 valence electrons. The van der Waals surface area contributed by atoms with Crippen LogP contribution < -0.4 is 4.72 Å². The Balaban J connectivity index is 3.16. The minimum absolute atomic E-state index is 0.0183. The molecule has 0 amide bonds. The van der Waals surface area contributed by atoms with Gasteiger partial charge in [0.25, 0.3) is 0 Å².